The number of methoxy groups -OCH3 is 1. The Morgan fingerprint density at radius 1 is 1.44 bits per heavy atom. The standard InChI is InChI=1S/C13H15NO4/c1-14-10-7-9(12(16)13(17)18-2)4-3-8(10)5-6-11(14)15/h3-4,7,12,16H,5-6H2,1-2H3. The summed E-state index contributed by atoms with van der Waals surface area (Å²) in [5, 5.41) is 9.76. The van der Waals surface area contributed by atoms with Crippen molar-refractivity contribution in [3.05, 3.63) is 29.3 Å². The molecule has 5 heteroatoms. The Kier molecular flexibility index (Phi) is 3.34. The molecule has 18 heavy (non-hydrogen) atoms. The molecule has 1 unspecified atom stereocenters. The molecule has 0 spiro atoms. The summed E-state index contributed by atoms with van der Waals surface area (Å²) in [5.74, 6) is -0.674. The summed E-state index contributed by atoms with van der Waals surface area (Å²) >= 11 is 0. The second-order valence-corrected chi connectivity index (χ2v) is 4.27. The highest BCUT2D eigenvalue weighted by molar-refractivity contribution is 5.96. The van der Waals surface area contributed by atoms with Gasteiger partial charge in [0.25, 0.3) is 0 Å². The van der Waals surface area contributed by atoms with Crippen LogP contribution in [0.15, 0.2) is 18.2 Å². The number of nitrogens with zero attached hydrogens (tertiary/aromatic N) is 1. The Bertz CT molecular complexity index is 498. The summed E-state index contributed by atoms with van der Waals surface area (Å²) in [4.78, 5) is 24.4. The highest BCUT2D eigenvalue weighted by Gasteiger charge is 2.24. The van der Waals surface area contributed by atoms with Gasteiger partial charge < -0.3 is 14.7 Å². The molecule has 1 N–H and O–H groups in total. The maximum absolute atomic E-state index is 11.6. The molecule has 0 aliphatic carbocycles. The number of anilines is 1. The topological polar surface area (TPSA) is 66.8 Å². The molecule has 0 saturated carbocycles. The van der Waals surface area contributed by atoms with Gasteiger partial charge in [-0.1, -0.05) is 12.1 Å². The first kappa shape index (κ1) is 12.6. The molecule has 0 fully saturated rings. The minimum atomic E-state index is -1.31. The van der Waals surface area contributed by atoms with E-state index in [9.17, 15) is 14.7 Å². The zero-order chi connectivity index (χ0) is 13.3. The summed E-state index contributed by atoms with van der Waals surface area (Å²) in [6.45, 7) is 0. The van der Waals surface area contributed by atoms with Gasteiger partial charge in [-0.25, -0.2) is 4.79 Å². The molecule has 1 aliphatic rings. The Morgan fingerprint density at radius 3 is 2.83 bits per heavy atom. The number of aryl methyl sites for hydroxylation is 1. The molecule has 0 bridgehead atoms. The van der Waals surface area contributed by atoms with Gasteiger partial charge in [0.15, 0.2) is 6.10 Å². The molecule has 0 aromatic heterocycles. The van der Waals surface area contributed by atoms with Crippen LogP contribution >= 0.6 is 0 Å². The summed E-state index contributed by atoms with van der Waals surface area (Å²) in [7, 11) is 2.91. The summed E-state index contributed by atoms with van der Waals surface area (Å²) < 4.78 is 4.49. The number of aliphatic hydroxyl groups excluding tert-OH is 1. The third-order valence-corrected chi connectivity index (χ3v) is 3.19. The molecule has 1 amide bonds. The minimum absolute atomic E-state index is 0.0345. The predicted octanol–water partition coefficient (Wildman–Crippen LogP) is 0.802. The molecule has 0 radical (unpaired) electrons. The van der Waals surface area contributed by atoms with Crippen LogP contribution in [0.1, 0.15) is 23.7 Å². The number of fused-ring (bicyclic) bond motifs is 1. The molecule has 1 aromatic carbocycles. The van der Waals surface area contributed by atoms with E-state index in [2.05, 4.69) is 4.74 Å². The van der Waals surface area contributed by atoms with Crippen molar-refractivity contribution in [2.24, 2.45) is 0 Å². The minimum Gasteiger partial charge on any atom is -0.467 e. The van der Waals surface area contributed by atoms with E-state index in [4.69, 9.17) is 0 Å². The SMILES string of the molecule is COC(=O)C(O)c1ccc2c(c1)N(C)C(=O)CC2. The number of esters is 1. The highest BCUT2D eigenvalue weighted by atomic mass is 16.5. The molecule has 0 saturated heterocycles. The number of carbonyl (C=O) groups is 2. The average molecular weight is 249 g/mol. The van der Waals surface area contributed by atoms with Crippen molar-refractivity contribution in [3.8, 4) is 0 Å². The van der Waals surface area contributed by atoms with Crippen LogP contribution < -0.4 is 4.90 Å². The third-order valence-electron chi connectivity index (χ3n) is 3.19. The van der Waals surface area contributed by atoms with E-state index in [1.807, 2.05) is 6.07 Å². The number of amides is 1. The number of benzene rings is 1. The van der Waals surface area contributed by atoms with Gasteiger partial charge in [-0.2, -0.15) is 0 Å². The first-order valence-electron chi connectivity index (χ1n) is 5.70. The van der Waals surface area contributed by atoms with Crippen molar-refractivity contribution in [3.63, 3.8) is 0 Å². The van der Waals surface area contributed by atoms with Gasteiger partial charge in [-0.05, 0) is 23.6 Å². The fourth-order valence-electron chi connectivity index (χ4n) is 2.07. The molecule has 1 aliphatic heterocycles. The molecule has 96 valence electrons. The summed E-state index contributed by atoms with van der Waals surface area (Å²) in [6.07, 6.45) is -0.138. The predicted molar refractivity (Wildman–Crippen MR) is 65.1 cm³/mol. The first-order chi connectivity index (χ1) is 8.54. The number of rotatable bonds is 2. The van der Waals surface area contributed by atoms with Crippen molar-refractivity contribution in [1.29, 1.82) is 0 Å². The van der Waals surface area contributed by atoms with Crippen LogP contribution in [0.3, 0.4) is 0 Å². The van der Waals surface area contributed by atoms with Gasteiger partial charge in [0, 0.05) is 19.2 Å². The van der Waals surface area contributed by atoms with Crippen LogP contribution in [-0.4, -0.2) is 31.1 Å². The maximum atomic E-state index is 11.6. The fraction of sp³-hybridized carbons (Fsp3) is 0.385. The van der Waals surface area contributed by atoms with E-state index in [-0.39, 0.29) is 5.91 Å². The Morgan fingerprint density at radius 2 is 2.17 bits per heavy atom. The lowest BCUT2D eigenvalue weighted by molar-refractivity contribution is -0.150. The van der Waals surface area contributed by atoms with Crippen molar-refractivity contribution in [1.82, 2.24) is 0 Å². The van der Waals surface area contributed by atoms with Crippen LogP contribution in [0, 0.1) is 0 Å². The monoisotopic (exact) mass is 249 g/mol. The van der Waals surface area contributed by atoms with Gasteiger partial charge >= 0.3 is 5.97 Å². The van der Waals surface area contributed by atoms with Gasteiger partial charge in [0.05, 0.1) is 7.11 Å². The lowest BCUT2D eigenvalue weighted by Crippen LogP contribution is -2.31. The highest BCUT2D eigenvalue weighted by Crippen LogP contribution is 2.29. The fourth-order valence-corrected chi connectivity index (χ4v) is 2.07. The van der Waals surface area contributed by atoms with E-state index in [1.54, 1.807) is 24.1 Å². The second kappa shape index (κ2) is 4.78. The van der Waals surface area contributed by atoms with Gasteiger partial charge in [-0.3, -0.25) is 4.79 Å². The Balaban J connectivity index is 2.37. The smallest absolute Gasteiger partial charge is 0.339 e. The van der Waals surface area contributed by atoms with Crippen LogP contribution in [0.4, 0.5) is 5.69 Å². The van der Waals surface area contributed by atoms with Crippen LogP contribution in [0.25, 0.3) is 0 Å². The molecule has 5 nitrogen and oxygen atoms in total. The molecule has 1 aromatic rings. The number of aliphatic hydroxyl groups is 1. The number of hydrogen-bond donors (Lipinski definition) is 1. The maximum Gasteiger partial charge on any atom is 0.339 e. The van der Waals surface area contributed by atoms with Crippen LogP contribution in [0.5, 0.6) is 0 Å². The van der Waals surface area contributed by atoms with E-state index in [0.717, 1.165) is 11.3 Å². The Hall–Kier alpha value is -1.88. The molecular weight excluding hydrogens is 234 g/mol. The van der Waals surface area contributed by atoms with E-state index < -0.39 is 12.1 Å². The van der Waals surface area contributed by atoms with Crippen molar-refractivity contribution >= 4 is 17.6 Å². The quantitative estimate of drug-likeness (QED) is 0.787. The Labute approximate surface area is 105 Å². The molecule has 1 atom stereocenters. The van der Waals surface area contributed by atoms with Crippen molar-refractivity contribution in [2.75, 3.05) is 19.1 Å². The lowest BCUT2D eigenvalue weighted by atomic mass is 9.98. The lowest BCUT2D eigenvalue weighted by Gasteiger charge is -2.26. The second-order valence-electron chi connectivity index (χ2n) is 4.27. The zero-order valence-electron chi connectivity index (χ0n) is 10.3. The van der Waals surface area contributed by atoms with E-state index in [1.165, 1.54) is 7.11 Å². The van der Waals surface area contributed by atoms with Crippen molar-refractivity contribution < 1.29 is 19.4 Å². The number of ether oxygens (including phenoxy) is 1. The normalized spacial score (nSPS) is 16.2. The first-order valence-corrected chi connectivity index (χ1v) is 5.70. The summed E-state index contributed by atoms with van der Waals surface area (Å²) in [5.41, 5.74) is 2.21. The molecule has 2 rings (SSSR count). The third kappa shape index (κ3) is 2.09. The van der Waals surface area contributed by atoms with Gasteiger partial charge in [0.2, 0.25) is 5.91 Å². The molecular formula is C13H15NO4. The number of hydrogen-bond acceptors (Lipinski definition) is 4. The zero-order valence-corrected chi connectivity index (χ0v) is 10.3. The van der Waals surface area contributed by atoms with E-state index >= 15 is 0 Å². The van der Waals surface area contributed by atoms with Crippen molar-refractivity contribution in [2.45, 2.75) is 18.9 Å². The molecule has 1 heterocycles. The van der Waals surface area contributed by atoms with Crippen LogP contribution in [0.2, 0.25) is 0 Å². The number of carbonyl (C=O) groups excluding carboxylic acids is 2. The largest absolute Gasteiger partial charge is 0.467 e. The van der Waals surface area contributed by atoms with Gasteiger partial charge in [0.1, 0.15) is 0 Å². The average Bonchev–Trinajstić information content (AvgIpc) is 2.41. The van der Waals surface area contributed by atoms with Crippen LogP contribution in [-0.2, 0) is 20.7 Å². The van der Waals surface area contributed by atoms with Gasteiger partial charge in [-0.15, -0.1) is 0 Å². The summed E-state index contributed by atoms with van der Waals surface area (Å²) in [6, 6.07) is 5.18. The van der Waals surface area contributed by atoms with E-state index in [0.29, 0.717) is 18.4 Å².